The highest BCUT2D eigenvalue weighted by Crippen LogP contribution is 2.14. The van der Waals surface area contributed by atoms with E-state index in [1.54, 1.807) is 24.3 Å². The summed E-state index contributed by atoms with van der Waals surface area (Å²) in [5, 5.41) is 1.95. The first kappa shape index (κ1) is 12.7. The molecule has 1 saturated heterocycles. The van der Waals surface area contributed by atoms with Crippen molar-refractivity contribution >= 4 is 11.6 Å². The van der Waals surface area contributed by atoms with Crippen LogP contribution in [0, 0.1) is 0 Å². The molecule has 0 bridgehead atoms. The SMILES string of the molecule is Nc1cccc(OCC(=O)NN2CCCCC2)c1. The predicted molar refractivity (Wildman–Crippen MR) is 69.9 cm³/mol. The number of hydrogen-bond donors (Lipinski definition) is 2. The molecule has 5 heteroatoms. The molecule has 0 aliphatic carbocycles. The zero-order valence-corrected chi connectivity index (χ0v) is 10.4. The highest BCUT2D eigenvalue weighted by molar-refractivity contribution is 5.77. The maximum absolute atomic E-state index is 11.7. The van der Waals surface area contributed by atoms with Crippen molar-refractivity contribution in [2.24, 2.45) is 0 Å². The largest absolute Gasteiger partial charge is 0.484 e. The third-order valence-electron chi connectivity index (χ3n) is 2.87. The Balaban J connectivity index is 1.74. The number of piperidine rings is 1. The number of carbonyl (C=O) groups is 1. The van der Waals surface area contributed by atoms with Crippen LogP contribution in [0.3, 0.4) is 0 Å². The highest BCUT2D eigenvalue weighted by Gasteiger charge is 2.12. The number of amides is 1. The summed E-state index contributed by atoms with van der Waals surface area (Å²) >= 11 is 0. The molecule has 5 nitrogen and oxygen atoms in total. The number of benzene rings is 1. The van der Waals surface area contributed by atoms with Gasteiger partial charge in [-0.05, 0) is 25.0 Å². The Morgan fingerprint density at radius 3 is 2.83 bits per heavy atom. The molecule has 0 unspecified atom stereocenters. The van der Waals surface area contributed by atoms with Gasteiger partial charge in [-0.25, -0.2) is 5.01 Å². The third kappa shape index (κ3) is 3.92. The van der Waals surface area contributed by atoms with E-state index in [0.29, 0.717) is 11.4 Å². The van der Waals surface area contributed by atoms with E-state index in [1.165, 1.54) is 6.42 Å². The van der Waals surface area contributed by atoms with Gasteiger partial charge in [-0.3, -0.25) is 10.2 Å². The van der Waals surface area contributed by atoms with Crippen LogP contribution in [-0.2, 0) is 4.79 Å². The number of nitrogens with one attached hydrogen (secondary N) is 1. The Morgan fingerprint density at radius 2 is 2.11 bits per heavy atom. The van der Waals surface area contributed by atoms with E-state index >= 15 is 0 Å². The lowest BCUT2D eigenvalue weighted by Crippen LogP contribution is -2.46. The van der Waals surface area contributed by atoms with Gasteiger partial charge in [0.1, 0.15) is 5.75 Å². The van der Waals surface area contributed by atoms with Gasteiger partial charge in [-0.15, -0.1) is 0 Å². The molecule has 0 radical (unpaired) electrons. The number of nitrogens with two attached hydrogens (primary N) is 1. The summed E-state index contributed by atoms with van der Waals surface area (Å²) in [4.78, 5) is 11.7. The molecule has 18 heavy (non-hydrogen) atoms. The summed E-state index contributed by atoms with van der Waals surface area (Å²) in [6.45, 7) is 1.86. The molecule has 1 amide bonds. The number of rotatable bonds is 4. The van der Waals surface area contributed by atoms with Crippen LogP contribution < -0.4 is 15.9 Å². The molecule has 1 fully saturated rings. The minimum Gasteiger partial charge on any atom is -0.484 e. The fourth-order valence-corrected chi connectivity index (χ4v) is 1.97. The summed E-state index contributed by atoms with van der Waals surface area (Å²) in [7, 11) is 0. The molecule has 0 atom stereocenters. The summed E-state index contributed by atoms with van der Waals surface area (Å²) in [5.41, 5.74) is 9.10. The Hall–Kier alpha value is -1.75. The van der Waals surface area contributed by atoms with Crippen molar-refractivity contribution in [2.45, 2.75) is 19.3 Å². The molecule has 0 spiro atoms. The second-order valence-corrected chi connectivity index (χ2v) is 4.44. The normalized spacial score (nSPS) is 16.2. The lowest BCUT2D eigenvalue weighted by Gasteiger charge is -2.26. The van der Waals surface area contributed by atoms with Gasteiger partial charge in [0.2, 0.25) is 0 Å². The van der Waals surface area contributed by atoms with Crippen molar-refractivity contribution in [2.75, 3.05) is 25.4 Å². The molecule has 3 N–H and O–H groups in total. The topological polar surface area (TPSA) is 67.6 Å². The first-order valence-electron chi connectivity index (χ1n) is 6.27. The lowest BCUT2D eigenvalue weighted by molar-refractivity contribution is -0.128. The van der Waals surface area contributed by atoms with E-state index in [9.17, 15) is 4.79 Å². The molecule has 1 aromatic carbocycles. The van der Waals surface area contributed by atoms with Crippen molar-refractivity contribution in [1.82, 2.24) is 10.4 Å². The van der Waals surface area contributed by atoms with Crippen molar-refractivity contribution in [3.8, 4) is 5.75 Å². The van der Waals surface area contributed by atoms with Crippen LogP contribution >= 0.6 is 0 Å². The van der Waals surface area contributed by atoms with E-state index in [0.717, 1.165) is 25.9 Å². The minimum absolute atomic E-state index is 0.0138. The molecule has 0 saturated carbocycles. The second-order valence-electron chi connectivity index (χ2n) is 4.44. The van der Waals surface area contributed by atoms with Crippen LogP contribution in [0.4, 0.5) is 5.69 Å². The van der Waals surface area contributed by atoms with Crippen LogP contribution in [0.1, 0.15) is 19.3 Å². The van der Waals surface area contributed by atoms with Gasteiger partial charge in [-0.2, -0.15) is 0 Å². The standard InChI is InChI=1S/C13H19N3O2/c14-11-5-4-6-12(9-11)18-10-13(17)15-16-7-2-1-3-8-16/h4-6,9H,1-3,7-8,10,14H2,(H,15,17). The Morgan fingerprint density at radius 1 is 1.33 bits per heavy atom. The van der Waals surface area contributed by atoms with Crippen molar-refractivity contribution in [1.29, 1.82) is 0 Å². The van der Waals surface area contributed by atoms with Gasteiger partial charge < -0.3 is 10.5 Å². The van der Waals surface area contributed by atoms with E-state index in [1.807, 2.05) is 5.01 Å². The molecule has 0 aromatic heterocycles. The molecule has 98 valence electrons. The zero-order valence-electron chi connectivity index (χ0n) is 10.4. The fourth-order valence-electron chi connectivity index (χ4n) is 1.97. The van der Waals surface area contributed by atoms with Crippen LogP contribution in [-0.4, -0.2) is 30.6 Å². The van der Waals surface area contributed by atoms with Gasteiger partial charge in [-0.1, -0.05) is 12.5 Å². The Kier molecular flexibility index (Phi) is 4.41. The van der Waals surface area contributed by atoms with Crippen molar-refractivity contribution < 1.29 is 9.53 Å². The van der Waals surface area contributed by atoms with Crippen LogP contribution in [0.5, 0.6) is 5.75 Å². The molecule has 2 rings (SSSR count). The molecule has 1 aromatic rings. The Labute approximate surface area is 107 Å². The van der Waals surface area contributed by atoms with Crippen LogP contribution in [0.15, 0.2) is 24.3 Å². The van der Waals surface area contributed by atoms with Gasteiger partial charge in [0.05, 0.1) is 0 Å². The van der Waals surface area contributed by atoms with E-state index in [2.05, 4.69) is 5.43 Å². The zero-order chi connectivity index (χ0) is 12.8. The number of hydrazine groups is 1. The van der Waals surface area contributed by atoms with Crippen molar-refractivity contribution in [3.63, 3.8) is 0 Å². The first-order chi connectivity index (χ1) is 8.74. The maximum atomic E-state index is 11.7. The fraction of sp³-hybridized carbons (Fsp3) is 0.462. The molecular weight excluding hydrogens is 230 g/mol. The minimum atomic E-state index is -0.126. The Bertz CT molecular complexity index is 403. The van der Waals surface area contributed by atoms with E-state index < -0.39 is 0 Å². The molecule has 1 aliphatic heterocycles. The summed E-state index contributed by atoms with van der Waals surface area (Å²) in [5.74, 6) is 0.489. The monoisotopic (exact) mass is 249 g/mol. The van der Waals surface area contributed by atoms with Gasteiger partial charge in [0, 0.05) is 24.8 Å². The number of carbonyl (C=O) groups excluding carboxylic acids is 1. The van der Waals surface area contributed by atoms with Gasteiger partial charge in [0.25, 0.3) is 5.91 Å². The summed E-state index contributed by atoms with van der Waals surface area (Å²) in [6.07, 6.45) is 3.51. The number of hydrogen-bond acceptors (Lipinski definition) is 4. The first-order valence-corrected chi connectivity index (χ1v) is 6.27. The van der Waals surface area contributed by atoms with Crippen LogP contribution in [0.25, 0.3) is 0 Å². The highest BCUT2D eigenvalue weighted by atomic mass is 16.5. The van der Waals surface area contributed by atoms with E-state index in [-0.39, 0.29) is 12.5 Å². The van der Waals surface area contributed by atoms with E-state index in [4.69, 9.17) is 10.5 Å². The number of anilines is 1. The second kappa shape index (κ2) is 6.26. The smallest absolute Gasteiger partial charge is 0.272 e. The van der Waals surface area contributed by atoms with Gasteiger partial charge in [0.15, 0.2) is 6.61 Å². The van der Waals surface area contributed by atoms with Crippen LogP contribution in [0.2, 0.25) is 0 Å². The number of nitrogen functional groups attached to an aromatic ring is 1. The van der Waals surface area contributed by atoms with Crippen molar-refractivity contribution in [3.05, 3.63) is 24.3 Å². The average Bonchev–Trinajstić information content (AvgIpc) is 2.38. The summed E-state index contributed by atoms with van der Waals surface area (Å²) < 4.78 is 5.37. The van der Waals surface area contributed by atoms with Gasteiger partial charge >= 0.3 is 0 Å². The third-order valence-corrected chi connectivity index (χ3v) is 2.87. The quantitative estimate of drug-likeness (QED) is 0.786. The molecular formula is C13H19N3O2. The lowest BCUT2D eigenvalue weighted by atomic mass is 10.2. The summed E-state index contributed by atoms with van der Waals surface area (Å²) in [6, 6.07) is 7.06. The number of ether oxygens (including phenoxy) is 1. The number of nitrogens with zero attached hydrogens (tertiary/aromatic N) is 1. The predicted octanol–water partition coefficient (Wildman–Crippen LogP) is 1.16. The average molecular weight is 249 g/mol. The maximum Gasteiger partial charge on any atom is 0.272 e. The molecule has 1 aliphatic rings. The molecule has 1 heterocycles.